The minimum atomic E-state index is -0.568. The Bertz CT molecular complexity index is 786. The molecule has 0 bridgehead atoms. The van der Waals surface area contributed by atoms with E-state index in [-0.39, 0.29) is 15.3 Å². The molecule has 2 N–H and O–H groups in total. The number of carbonyl (C=O) groups is 1. The molecule has 0 aliphatic rings. The monoisotopic (exact) mass is 322 g/mol. The molecule has 21 heavy (non-hydrogen) atoms. The Labute approximate surface area is 131 Å². The summed E-state index contributed by atoms with van der Waals surface area (Å²) < 4.78 is 1.87. The van der Waals surface area contributed by atoms with Crippen LogP contribution in [-0.4, -0.2) is 19.8 Å². The van der Waals surface area contributed by atoms with Crippen molar-refractivity contribution in [3.05, 3.63) is 39.8 Å². The van der Waals surface area contributed by atoms with E-state index in [0.717, 1.165) is 5.69 Å². The van der Waals surface area contributed by atoms with Gasteiger partial charge in [0.2, 0.25) is 5.43 Å². The first-order valence-electron chi connectivity index (χ1n) is 6.24. The first-order chi connectivity index (χ1) is 9.93. The van der Waals surface area contributed by atoms with Crippen molar-refractivity contribution < 1.29 is 4.79 Å². The lowest BCUT2D eigenvalue weighted by molar-refractivity contribution is 0.0943. The van der Waals surface area contributed by atoms with Crippen molar-refractivity contribution >= 4 is 46.1 Å². The average molecular weight is 322 g/mol. The second-order valence-corrected chi connectivity index (χ2v) is 5.52. The third-order valence-electron chi connectivity index (χ3n) is 2.93. The Balaban J connectivity index is 2.58. The summed E-state index contributed by atoms with van der Waals surface area (Å²) in [6, 6.07) is 3.42. The maximum absolute atomic E-state index is 12.4. The van der Waals surface area contributed by atoms with Gasteiger partial charge in [0.05, 0.1) is 5.39 Å². The predicted octanol–water partition coefficient (Wildman–Crippen LogP) is 1.17. The third-order valence-corrected chi connectivity index (χ3v) is 3.14. The van der Waals surface area contributed by atoms with E-state index in [2.05, 4.69) is 40.7 Å². The van der Waals surface area contributed by atoms with Crippen LogP contribution in [0.1, 0.15) is 23.0 Å². The van der Waals surface area contributed by atoms with Gasteiger partial charge in [0.25, 0.3) is 5.91 Å². The molecule has 110 valence electrons. The highest BCUT2D eigenvalue weighted by molar-refractivity contribution is 8.11. The third kappa shape index (κ3) is 3.22. The van der Waals surface area contributed by atoms with Crippen LogP contribution < -0.4 is 16.3 Å². The van der Waals surface area contributed by atoms with Crippen LogP contribution in [0.4, 0.5) is 0 Å². The van der Waals surface area contributed by atoms with E-state index in [4.69, 9.17) is 0 Å². The zero-order chi connectivity index (χ0) is 15.6. The number of amides is 1. The Kier molecular flexibility index (Phi) is 4.59. The molecule has 2 rings (SSSR count). The number of hydrogen-bond donors (Lipinski definition) is 3. The lowest BCUT2D eigenvalue weighted by Crippen LogP contribution is -2.41. The van der Waals surface area contributed by atoms with Crippen molar-refractivity contribution in [2.24, 2.45) is 0 Å². The van der Waals surface area contributed by atoms with Crippen LogP contribution in [0.5, 0.6) is 0 Å². The molecule has 0 radical (unpaired) electrons. The van der Waals surface area contributed by atoms with Gasteiger partial charge in [-0.2, -0.15) is 0 Å². The normalized spacial score (nSPS) is 10.4. The van der Waals surface area contributed by atoms with Crippen LogP contribution in [0.25, 0.3) is 11.0 Å². The number of fused-ring (bicyclic) bond motifs is 1. The second kappa shape index (κ2) is 6.23. The summed E-state index contributed by atoms with van der Waals surface area (Å²) in [5.41, 5.74) is 5.75. The van der Waals surface area contributed by atoms with E-state index in [0.29, 0.717) is 17.6 Å². The van der Waals surface area contributed by atoms with Gasteiger partial charge in [0.1, 0.15) is 15.5 Å². The SMILES string of the molecule is CCn1cc(C(=O)NNC(=S)S)c(=O)c2ccc(C)nc21. The standard InChI is InChI=1S/C13H14N4O2S2/c1-3-17-6-9(12(19)15-16-13(20)21)10(18)8-5-4-7(2)14-11(8)17/h4-6H,3H2,1-2H3,(H,15,19)(H2,16,20,21). The summed E-state index contributed by atoms with van der Waals surface area (Å²) in [5.74, 6) is -0.568. The highest BCUT2D eigenvalue weighted by Crippen LogP contribution is 2.10. The van der Waals surface area contributed by atoms with Gasteiger partial charge < -0.3 is 4.57 Å². The molecule has 0 aliphatic carbocycles. The average Bonchev–Trinajstić information content (AvgIpc) is 2.45. The molecular formula is C13H14N4O2S2. The van der Waals surface area contributed by atoms with E-state index in [1.807, 2.05) is 13.8 Å². The number of aromatic nitrogens is 2. The van der Waals surface area contributed by atoms with Gasteiger partial charge >= 0.3 is 0 Å². The number of hydrazine groups is 1. The summed E-state index contributed by atoms with van der Waals surface area (Å²) in [7, 11) is 0. The maximum atomic E-state index is 12.4. The van der Waals surface area contributed by atoms with Gasteiger partial charge in [0.15, 0.2) is 0 Å². The number of nitrogens with one attached hydrogen (secondary N) is 2. The van der Waals surface area contributed by atoms with Crippen molar-refractivity contribution in [3.63, 3.8) is 0 Å². The number of aryl methyl sites for hydroxylation is 2. The zero-order valence-corrected chi connectivity index (χ0v) is 13.2. The Morgan fingerprint density at radius 2 is 2.14 bits per heavy atom. The number of thiocarbonyl (C=S) groups is 1. The molecule has 0 atom stereocenters. The van der Waals surface area contributed by atoms with Crippen LogP contribution in [0.3, 0.4) is 0 Å². The zero-order valence-electron chi connectivity index (χ0n) is 11.5. The first-order valence-corrected chi connectivity index (χ1v) is 7.09. The fraction of sp³-hybridized carbons (Fsp3) is 0.231. The van der Waals surface area contributed by atoms with E-state index in [9.17, 15) is 9.59 Å². The minimum absolute atomic E-state index is 0.0205. The number of pyridine rings is 2. The van der Waals surface area contributed by atoms with Crippen LogP contribution in [0, 0.1) is 6.92 Å². The first kappa shape index (κ1) is 15.5. The summed E-state index contributed by atoms with van der Waals surface area (Å²) in [5, 5.41) is 0.406. The predicted molar refractivity (Wildman–Crippen MR) is 88.6 cm³/mol. The van der Waals surface area contributed by atoms with Crippen LogP contribution in [0.15, 0.2) is 23.1 Å². The van der Waals surface area contributed by atoms with Crippen molar-refractivity contribution in [2.75, 3.05) is 0 Å². The van der Waals surface area contributed by atoms with Gasteiger partial charge in [-0.05, 0) is 26.0 Å². The fourth-order valence-electron chi connectivity index (χ4n) is 1.94. The van der Waals surface area contributed by atoms with Crippen molar-refractivity contribution in [1.29, 1.82) is 0 Å². The van der Waals surface area contributed by atoms with Gasteiger partial charge in [-0.3, -0.25) is 20.4 Å². The van der Waals surface area contributed by atoms with Gasteiger partial charge in [-0.1, -0.05) is 12.2 Å². The van der Waals surface area contributed by atoms with E-state index in [1.54, 1.807) is 16.7 Å². The van der Waals surface area contributed by atoms with Crippen LogP contribution in [0.2, 0.25) is 0 Å². The summed E-state index contributed by atoms with van der Waals surface area (Å²) >= 11 is 8.51. The molecule has 2 aromatic rings. The van der Waals surface area contributed by atoms with Gasteiger partial charge in [-0.25, -0.2) is 4.98 Å². The van der Waals surface area contributed by atoms with Crippen molar-refractivity contribution in [3.8, 4) is 0 Å². The summed E-state index contributed by atoms with van der Waals surface area (Å²) in [6.07, 6.45) is 1.50. The Hall–Kier alpha value is -1.93. The number of thiol groups is 1. The minimum Gasteiger partial charge on any atom is -0.332 e. The van der Waals surface area contributed by atoms with Gasteiger partial charge in [-0.15, -0.1) is 12.6 Å². The molecule has 0 fully saturated rings. The number of rotatable bonds is 2. The summed E-state index contributed by atoms with van der Waals surface area (Å²) in [4.78, 5) is 28.8. The molecule has 2 aromatic heterocycles. The molecule has 2 heterocycles. The van der Waals surface area contributed by atoms with E-state index in [1.165, 1.54) is 6.20 Å². The number of nitrogens with zero attached hydrogens (tertiary/aromatic N) is 2. The van der Waals surface area contributed by atoms with Crippen LogP contribution in [-0.2, 0) is 6.54 Å². The second-order valence-electron chi connectivity index (χ2n) is 4.37. The molecule has 1 amide bonds. The highest BCUT2D eigenvalue weighted by Gasteiger charge is 2.15. The van der Waals surface area contributed by atoms with Crippen LogP contribution >= 0.6 is 24.8 Å². The highest BCUT2D eigenvalue weighted by atomic mass is 32.1. The fourth-order valence-corrected chi connectivity index (χ4v) is 2.05. The number of carbonyl (C=O) groups excluding carboxylic acids is 1. The molecule has 0 saturated carbocycles. The molecule has 6 nitrogen and oxygen atoms in total. The molecule has 0 aliphatic heterocycles. The molecule has 8 heteroatoms. The molecular weight excluding hydrogens is 308 g/mol. The lowest BCUT2D eigenvalue weighted by atomic mass is 10.1. The molecule has 0 spiro atoms. The van der Waals surface area contributed by atoms with Gasteiger partial charge in [0, 0.05) is 18.4 Å². The van der Waals surface area contributed by atoms with E-state index >= 15 is 0 Å². The Morgan fingerprint density at radius 1 is 1.43 bits per heavy atom. The van der Waals surface area contributed by atoms with Crippen molar-refractivity contribution in [1.82, 2.24) is 20.4 Å². The molecule has 0 saturated heterocycles. The largest absolute Gasteiger partial charge is 0.332 e. The van der Waals surface area contributed by atoms with Crippen molar-refractivity contribution in [2.45, 2.75) is 20.4 Å². The molecule has 0 aromatic carbocycles. The summed E-state index contributed by atoms with van der Waals surface area (Å²) in [6.45, 7) is 4.35. The quantitative estimate of drug-likeness (QED) is 0.440. The number of hydrogen-bond acceptors (Lipinski definition) is 4. The smallest absolute Gasteiger partial charge is 0.275 e. The Morgan fingerprint density at radius 3 is 2.76 bits per heavy atom. The molecule has 0 unspecified atom stereocenters. The topological polar surface area (TPSA) is 76.0 Å². The maximum Gasteiger partial charge on any atom is 0.275 e. The lowest BCUT2D eigenvalue weighted by Gasteiger charge is -2.11. The van der Waals surface area contributed by atoms with E-state index < -0.39 is 5.91 Å².